The number of carbonyl (C=O) groups excluding carboxylic acids is 1. The van der Waals surface area contributed by atoms with Gasteiger partial charge >= 0.3 is 0 Å². The molecule has 0 radical (unpaired) electrons. The van der Waals surface area contributed by atoms with Gasteiger partial charge in [-0.05, 0) is 30.5 Å². The molecule has 0 atom stereocenters. The van der Waals surface area contributed by atoms with Gasteiger partial charge in [0.25, 0.3) is 0 Å². The van der Waals surface area contributed by atoms with E-state index >= 15 is 0 Å². The molecule has 0 amide bonds. The monoisotopic (exact) mass is 176 g/mol. The Labute approximate surface area is 77.5 Å². The third-order valence-electron chi connectivity index (χ3n) is 2.66. The third-order valence-corrected chi connectivity index (χ3v) is 2.66. The van der Waals surface area contributed by atoms with Crippen LogP contribution in [0, 0.1) is 0 Å². The summed E-state index contributed by atoms with van der Waals surface area (Å²) in [7, 11) is 1.64. The van der Waals surface area contributed by atoms with Crippen LogP contribution >= 0.6 is 0 Å². The molecule has 0 spiro atoms. The van der Waals surface area contributed by atoms with Crippen LogP contribution in [0.25, 0.3) is 0 Å². The van der Waals surface area contributed by atoms with Crippen LogP contribution in [0.2, 0.25) is 0 Å². The van der Waals surface area contributed by atoms with Crippen molar-refractivity contribution in [2.75, 3.05) is 7.11 Å². The zero-order chi connectivity index (χ0) is 9.31. The van der Waals surface area contributed by atoms with E-state index in [-0.39, 0.29) is 5.41 Å². The van der Waals surface area contributed by atoms with E-state index in [1.165, 1.54) is 0 Å². The molecule has 1 aromatic rings. The standard InChI is InChI=1S/C11H12O2/c1-13-10-4-2-3-9(7-10)11(8-12)5-6-11/h2-4,7-8H,5-6H2,1H3. The van der Waals surface area contributed by atoms with Crippen LogP contribution in [-0.2, 0) is 10.2 Å². The zero-order valence-corrected chi connectivity index (χ0v) is 7.62. The maximum Gasteiger partial charge on any atom is 0.130 e. The topological polar surface area (TPSA) is 26.3 Å². The van der Waals surface area contributed by atoms with Gasteiger partial charge in [0.1, 0.15) is 12.0 Å². The highest BCUT2D eigenvalue weighted by atomic mass is 16.5. The predicted octanol–water partition coefficient (Wildman–Crippen LogP) is 1.93. The Bertz CT molecular complexity index is 327. The van der Waals surface area contributed by atoms with Crippen molar-refractivity contribution in [1.82, 2.24) is 0 Å². The lowest BCUT2D eigenvalue weighted by Gasteiger charge is -2.08. The molecule has 1 saturated carbocycles. The number of hydrogen-bond acceptors (Lipinski definition) is 2. The Balaban J connectivity index is 2.35. The first kappa shape index (κ1) is 8.30. The second-order valence-corrected chi connectivity index (χ2v) is 3.51. The summed E-state index contributed by atoms with van der Waals surface area (Å²) in [4.78, 5) is 10.8. The highest BCUT2D eigenvalue weighted by molar-refractivity contribution is 5.73. The molecule has 68 valence electrons. The van der Waals surface area contributed by atoms with Crippen LogP contribution in [0.1, 0.15) is 18.4 Å². The molecule has 2 nitrogen and oxygen atoms in total. The molecule has 2 heteroatoms. The molecule has 1 aliphatic rings. The summed E-state index contributed by atoms with van der Waals surface area (Å²) in [5.74, 6) is 0.825. The second kappa shape index (κ2) is 2.87. The summed E-state index contributed by atoms with van der Waals surface area (Å²) >= 11 is 0. The lowest BCUT2D eigenvalue weighted by molar-refractivity contribution is -0.109. The van der Waals surface area contributed by atoms with E-state index in [4.69, 9.17) is 4.74 Å². The Kier molecular flexibility index (Phi) is 1.83. The Morgan fingerprint density at radius 1 is 1.46 bits per heavy atom. The van der Waals surface area contributed by atoms with Gasteiger partial charge in [0.15, 0.2) is 0 Å². The van der Waals surface area contributed by atoms with Crippen molar-refractivity contribution in [2.45, 2.75) is 18.3 Å². The lowest BCUT2D eigenvalue weighted by atomic mass is 9.98. The minimum atomic E-state index is -0.186. The van der Waals surface area contributed by atoms with Gasteiger partial charge in [0, 0.05) is 0 Å². The molecule has 1 aliphatic carbocycles. The van der Waals surface area contributed by atoms with Gasteiger partial charge in [0.05, 0.1) is 12.5 Å². The smallest absolute Gasteiger partial charge is 0.130 e. The number of hydrogen-bond donors (Lipinski definition) is 0. The van der Waals surface area contributed by atoms with Crippen LogP contribution in [0.3, 0.4) is 0 Å². The van der Waals surface area contributed by atoms with Crippen molar-refractivity contribution in [3.63, 3.8) is 0 Å². The lowest BCUT2D eigenvalue weighted by Crippen LogP contribution is -2.07. The average molecular weight is 176 g/mol. The normalized spacial score (nSPS) is 17.9. The predicted molar refractivity (Wildman–Crippen MR) is 50.0 cm³/mol. The van der Waals surface area contributed by atoms with Crippen molar-refractivity contribution >= 4 is 6.29 Å². The summed E-state index contributed by atoms with van der Waals surface area (Å²) in [5, 5.41) is 0. The maximum absolute atomic E-state index is 10.8. The van der Waals surface area contributed by atoms with Crippen molar-refractivity contribution in [3.8, 4) is 5.75 Å². The van der Waals surface area contributed by atoms with E-state index in [1.807, 2.05) is 24.3 Å². The molecule has 0 saturated heterocycles. The van der Waals surface area contributed by atoms with Crippen molar-refractivity contribution in [1.29, 1.82) is 0 Å². The zero-order valence-electron chi connectivity index (χ0n) is 7.62. The van der Waals surface area contributed by atoms with E-state index in [0.29, 0.717) is 0 Å². The number of methoxy groups -OCH3 is 1. The van der Waals surface area contributed by atoms with Gasteiger partial charge in [-0.2, -0.15) is 0 Å². The van der Waals surface area contributed by atoms with Crippen LogP contribution in [0.5, 0.6) is 5.75 Å². The first-order valence-electron chi connectivity index (χ1n) is 4.42. The third kappa shape index (κ3) is 1.32. The van der Waals surface area contributed by atoms with Crippen LogP contribution in [0.15, 0.2) is 24.3 Å². The van der Waals surface area contributed by atoms with E-state index in [1.54, 1.807) is 7.11 Å². The molecule has 1 fully saturated rings. The quantitative estimate of drug-likeness (QED) is 0.658. The van der Waals surface area contributed by atoms with Crippen LogP contribution in [-0.4, -0.2) is 13.4 Å². The Hall–Kier alpha value is -1.31. The van der Waals surface area contributed by atoms with Gasteiger partial charge in [-0.3, -0.25) is 0 Å². The Morgan fingerprint density at radius 2 is 2.23 bits per heavy atom. The minimum Gasteiger partial charge on any atom is -0.497 e. The van der Waals surface area contributed by atoms with Crippen molar-refractivity contribution in [3.05, 3.63) is 29.8 Å². The van der Waals surface area contributed by atoms with Crippen LogP contribution < -0.4 is 4.74 Å². The van der Waals surface area contributed by atoms with Gasteiger partial charge < -0.3 is 9.53 Å². The van der Waals surface area contributed by atoms with Crippen molar-refractivity contribution in [2.24, 2.45) is 0 Å². The number of rotatable bonds is 3. The van der Waals surface area contributed by atoms with E-state index in [0.717, 1.165) is 30.4 Å². The van der Waals surface area contributed by atoms with Gasteiger partial charge in [-0.25, -0.2) is 0 Å². The van der Waals surface area contributed by atoms with Crippen LogP contribution in [0.4, 0.5) is 0 Å². The molecule has 0 aliphatic heterocycles. The molecule has 0 aromatic heterocycles. The fourth-order valence-corrected chi connectivity index (χ4v) is 1.54. The van der Waals surface area contributed by atoms with Crippen molar-refractivity contribution < 1.29 is 9.53 Å². The summed E-state index contributed by atoms with van der Waals surface area (Å²) in [5.41, 5.74) is 0.899. The number of benzene rings is 1. The van der Waals surface area contributed by atoms with Gasteiger partial charge in [-0.1, -0.05) is 12.1 Å². The largest absolute Gasteiger partial charge is 0.497 e. The number of ether oxygens (including phenoxy) is 1. The molecule has 0 bridgehead atoms. The summed E-state index contributed by atoms with van der Waals surface area (Å²) in [6.07, 6.45) is 3.01. The molecule has 1 aromatic carbocycles. The highest BCUT2D eigenvalue weighted by Gasteiger charge is 2.44. The molecule has 2 rings (SSSR count). The van der Waals surface area contributed by atoms with Gasteiger partial charge in [0.2, 0.25) is 0 Å². The van der Waals surface area contributed by atoms with E-state index in [9.17, 15) is 4.79 Å². The second-order valence-electron chi connectivity index (χ2n) is 3.51. The first-order valence-corrected chi connectivity index (χ1v) is 4.42. The average Bonchev–Trinajstić information content (AvgIpc) is 2.99. The highest BCUT2D eigenvalue weighted by Crippen LogP contribution is 2.46. The first-order chi connectivity index (χ1) is 6.30. The van der Waals surface area contributed by atoms with E-state index < -0.39 is 0 Å². The summed E-state index contributed by atoms with van der Waals surface area (Å²) in [6.45, 7) is 0. The molecule has 13 heavy (non-hydrogen) atoms. The molecule has 0 heterocycles. The fourth-order valence-electron chi connectivity index (χ4n) is 1.54. The summed E-state index contributed by atoms with van der Waals surface area (Å²) in [6, 6.07) is 7.76. The summed E-state index contributed by atoms with van der Waals surface area (Å²) < 4.78 is 5.11. The molecule has 0 N–H and O–H groups in total. The molecule has 0 unspecified atom stereocenters. The fraction of sp³-hybridized carbons (Fsp3) is 0.364. The minimum absolute atomic E-state index is 0.186. The number of carbonyl (C=O) groups is 1. The van der Waals surface area contributed by atoms with E-state index in [2.05, 4.69) is 0 Å². The Morgan fingerprint density at radius 3 is 2.77 bits per heavy atom. The number of aldehydes is 1. The maximum atomic E-state index is 10.8. The SMILES string of the molecule is COc1cccc(C2(C=O)CC2)c1. The van der Waals surface area contributed by atoms with Gasteiger partial charge in [-0.15, -0.1) is 0 Å². The molecular formula is C11H12O2. The molecular weight excluding hydrogens is 164 g/mol.